The topological polar surface area (TPSA) is 0 Å². The fourth-order valence-corrected chi connectivity index (χ4v) is 2.64. The smallest absolute Gasteiger partial charge is 0.0233 e. The van der Waals surface area contributed by atoms with E-state index in [4.69, 9.17) is 0 Å². The number of hydrogen-bond donors (Lipinski definition) is 0. The summed E-state index contributed by atoms with van der Waals surface area (Å²) >= 11 is 0. The predicted molar refractivity (Wildman–Crippen MR) is 86.6 cm³/mol. The lowest BCUT2D eigenvalue weighted by Crippen LogP contribution is -1.96. The van der Waals surface area contributed by atoms with Crippen molar-refractivity contribution in [3.8, 4) is 0 Å². The molecular weight excluding hydrogens is 228 g/mol. The Morgan fingerprint density at radius 1 is 0.737 bits per heavy atom. The first-order valence-corrected chi connectivity index (χ1v) is 8.22. The summed E-state index contributed by atoms with van der Waals surface area (Å²) in [7, 11) is 0. The average molecular weight is 259 g/mol. The zero-order valence-corrected chi connectivity index (χ0v) is 13.0. The highest BCUT2D eigenvalue weighted by atomic mass is 14.1. The molecular formula is C19H31. The van der Waals surface area contributed by atoms with Crippen molar-refractivity contribution in [3.63, 3.8) is 0 Å². The molecule has 0 spiro atoms. The van der Waals surface area contributed by atoms with Gasteiger partial charge in [-0.2, -0.15) is 0 Å². The number of hydrogen-bond acceptors (Lipinski definition) is 0. The zero-order chi connectivity index (χ0) is 13.9. The van der Waals surface area contributed by atoms with E-state index >= 15 is 0 Å². The molecule has 0 aliphatic heterocycles. The summed E-state index contributed by atoms with van der Waals surface area (Å²) in [5, 5.41) is 0. The molecule has 0 fully saturated rings. The molecule has 0 saturated carbocycles. The Morgan fingerprint density at radius 2 is 1.21 bits per heavy atom. The summed E-state index contributed by atoms with van der Waals surface area (Å²) in [5.74, 6) is 0. The number of aryl methyl sites for hydroxylation is 2. The maximum absolute atomic E-state index is 4.32. The molecule has 0 atom stereocenters. The molecule has 107 valence electrons. The van der Waals surface area contributed by atoms with Crippen LogP contribution in [0, 0.1) is 6.92 Å². The number of benzene rings is 1. The standard InChI is InChI=1S/C19H31/c1-4-6-8-10-13-18-15-12-16-19(17(18)3)14-11-9-7-5-2/h12,15-16H,3-11,13-14H2,1-2H3. The van der Waals surface area contributed by atoms with E-state index in [1.54, 1.807) is 0 Å². The van der Waals surface area contributed by atoms with E-state index in [9.17, 15) is 0 Å². The minimum Gasteiger partial charge on any atom is -0.0654 e. The first-order valence-electron chi connectivity index (χ1n) is 8.22. The van der Waals surface area contributed by atoms with Crippen molar-refractivity contribution in [2.45, 2.75) is 78.1 Å². The SMILES string of the molecule is [CH2]c1c(CCCCCC)cccc1CCCCCC. The Labute approximate surface area is 120 Å². The van der Waals surface area contributed by atoms with Gasteiger partial charge in [0.1, 0.15) is 0 Å². The van der Waals surface area contributed by atoms with E-state index in [1.807, 2.05) is 0 Å². The van der Waals surface area contributed by atoms with Gasteiger partial charge in [0.15, 0.2) is 0 Å². The fourth-order valence-electron chi connectivity index (χ4n) is 2.64. The van der Waals surface area contributed by atoms with Crippen molar-refractivity contribution in [2.75, 3.05) is 0 Å². The highest BCUT2D eigenvalue weighted by Crippen LogP contribution is 2.19. The van der Waals surface area contributed by atoms with Crippen LogP contribution in [0.4, 0.5) is 0 Å². The molecule has 0 aliphatic rings. The quantitative estimate of drug-likeness (QED) is 0.444. The van der Waals surface area contributed by atoms with Crippen molar-refractivity contribution in [2.24, 2.45) is 0 Å². The molecule has 0 unspecified atom stereocenters. The predicted octanol–water partition coefficient (Wildman–Crippen LogP) is 6.11. The molecule has 0 heterocycles. The molecule has 0 nitrogen and oxygen atoms in total. The maximum atomic E-state index is 4.32. The molecule has 0 amide bonds. The second kappa shape index (κ2) is 10.1. The van der Waals surface area contributed by atoms with Crippen molar-refractivity contribution in [1.82, 2.24) is 0 Å². The van der Waals surface area contributed by atoms with Crippen molar-refractivity contribution >= 4 is 0 Å². The van der Waals surface area contributed by atoms with E-state index in [1.165, 1.54) is 80.9 Å². The van der Waals surface area contributed by atoms with E-state index in [0.717, 1.165) is 0 Å². The van der Waals surface area contributed by atoms with Gasteiger partial charge in [-0.15, -0.1) is 0 Å². The molecule has 0 heteroatoms. The Bertz CT molecular complexity index is 308. The highest BCUT2D eigenvalue weighted by Gasteiger charge is 2.04. The van der Waals surface area contributed by atoms with Gasteiger partial charge in [0.25, 0.3) is 0 Å². The van der Waals surface area contributed by atoms with Crippen molar-refractivity contribution in [3.05, 3.63) is 41.8 Å². The van der Waals surface area contributed by atoms with Crippen LogP contribution in [-0.4, -0.2) is 0 Å². The van der Waals surface area contributed by atoms with Gasteiger partial charge in [-0.1, -0.05) is 70.6 Å². The molecule has 0 aliphatic carbocycles. The van der Waals surface area contributed by atoms with Crippen LogP contribution in [0.2, 0.25) is 0 Å². The van der Waals surface area contributed by atoms with Crippen LogP contribution < -0.4 is 0 Å². The third-order valence-electron chi connectivity index (χ3n) is 3.97. The Hall–Kier alpha value is -0.780. The van der Waals surface area contributed by atoms with Crippen LogP contribution in [-0.2, 0) is 12.8 Å². The monoisotopic (exact) mass is 259 g/mol. The second-order valence-electron chi connectivity index (χ2n) is 5.68. The molecule has 0 saturated heterocycles. The zero-order valence-electron chi connectivity index (χ0n) is 13.0. The molecule has 1 rings (SSSR count). The minimum absolute atomic E-state index is 1.21. The minimum atomic E-state index is 1.21. The van der Waals surface area contributed by atoms with Crippen LogP contribution in [0.5, 0.6) is 0 Å². The summed E-state index contributed by atoms with van der Waals surface area (Å²) in [6, 6.07) is 6.76. The first-order chi connectivity index (χ1) is 9.29. The Balaban J connectivity index is 2.44. The largest absolute Gasteiger partial charge is 0.0654 e. The van der Waals surface area contributed by atoms with Crippen molar-refractivity contribution < 1.29 is 0 Å². The molecule has 1 aromatic carbocycles. The lowest BCUT2D eigenvalue weighted by molar-refractivity contribution is 0.660. The van der Waals surface area contributed by atoms with Gasteiger partial charge in [-0.3, -0.25) is 0 Å². The van der Waals surface area contributed by atoms with Crippen LogP contribution in [0.1, 0.15) is 81.9 Å². The molecule has 19 heavy (non-hydrogen) atoms. The highest BCUT2D eigenvalue weighted by molar-refractivity contribution is 5.37. The van der Waals surface area contributed by atoms with Gasteiger partial charge >= 0.3 is 0 Å². The molecule has 0 bridgehead atoms. The van der Waals surface area contributed by atoms with E-state index in [2.05, 4.69) is 39.0 Å². The number of rotatable bonds is 10. The fraction of sp³-hybridized carbons (Fsp3) is 0.632. The van der Waals surface area contributed by atoms with Crippen LogP contribution in [0.25, 0.3) is 0 Å². The summed E-state index contributed by atoms with van der Waals surface area (Å²) in [4.78, 5) is 0. The molecule has 1 aromatic rings. The average Bonchev–Trinajstić information content (AvgIpc) is 2.43. The molecule has 1 radical (unpaired) electrons. The second-order valence-corrected chi connectivity index (χ2v) is 5.68. The van der Waals surface area contributed by atoms with Crippen LogP contribution >= 0.6 is 0 Å². The van der Waals surface area contributed by atoms with Gasteiger partial charge in [0.2, 0.25) is 0 Å². The summed E-state index contributed by atoms with van der Waals surface area (Å²) in [6.07, 6.45) is 13.1. The van der Waals surface area contributed by atoms with Gasteiger partial charge < -0.3 is 0 Å². The number of unbranched alkanes of at least 4 members (excludes halogenated alkanes) is 6. The van der Waals surface area contributed by atoms with Crippen LogP contribution in [0.15, 0.2) is 18.2 Å². The van der Waals surface area contributed by atoms with Crippen LogP contribution in [0.3, 0.4) is 0 Å². The lowest BCUT2D eigenvalue weighted by Gasteiger charge is -2.11. The third kappa shape index (κ3) is 6.27. The molecule has 0 aromatic heterocycles. The van der Waals surface area contributed by atoms with E-state index in [-0.39, 0.29) is 0 Å². The Kier molecular flexibility index (Phi) is 8.62. The van der Waals surface area contributed by atoms with E-state index in [0.29, 0.717) is 0 Å². The normalized spacial score (nSPS) is 10.9. The van der Waals surface area contributed by atoms with Crippen molar-refractivity contribution in [1.29, 1.82) is 0 Å². The van der Waals surface area contributed by atoms with Gasteiger partial charge in [0.05, 0.1) is 0 Å². The summed E-state index contributed by atoms with van der Waals surface area (Å²) in [6.45, 7) is 8.85. The third-order valence-corrected chi connectivity index (χ3v) is 3.97. The molecule has 0 N–H and O–H groups in total. The van der Waals surface area contributed by atoms with E-state index < -0.39 is 0 Å². The van der Waals surface area contributed by atoms with Gasteiger partial charge in [0, 0.05) is 0 Å². The maximum Gasteiger partial charge on any atom is -0.0233 e. The van der Waals surface area contributed by atoms with Gasteiger partial charge in [-0.05, 0) is 49.3 Å². The summed E-state index contributed by atoms with van der Waals surface area (Å²) in [5.41, 5.74) is 4.27. The lowest BCUT2D eigenvalue weighted by atomic mass is 9.94. The first kappa shape index (κ1) is 16.3. The Morgan fingerprint density at radius 3 is 1.63 bits per heavy atom. The van der Waals surface area contributed by atoms with Gasteiger partial charge in [-0.25, -0.2) is 0 Å². The summed E-state index contributed by atoms with van der Waals surface area (Å²) < 4.78 is 0.